The minimum atomic E-state index is -3.67. The number of hydrogen-bond donors (Lipinski definition) is 1. The predicted octanol–water partition coefficient (Wildman–Crippen LogP) is 4.91. The number of hydrogen-bond acceptors (Lipinski definition) is 4. The van der Waals surface area contributed by atoms with E-state index in [-0.39, 0.29) is 9.92 Å². The number of benzene rings is 2. The number of sulfonamides is 1. The van der Waals surface area contributed by atoms with E-state index >= 15 is 0 Å². The van der Waals surface area contributed by atoms with E-state index in [1.54, 1.807) is 17.8 Å². The zero-order valence-electron chi connectivity index (χ0n) is 15.7. The molecule has 1 fully saturated rings. The van der Waals surface area contributed by atoms with Crippen LogP contribution in [0.2, 0.25) is 10.0 Å². The predicted molar refractivity (Wildman–Crippen MR) is 118 cm³/mol. The van der Waals surface area contributed by atoms with Crippen LogP contribution in [0.4, 0.5) is 0 Å². The van der Waals surface area contributed by atoms with Crippen LogP contribution in [0.5, 0.6) is 0 Å². The lowest BCUT2D eigenvalue weighted by molar-refractivity contribution is 0.177. The van der Waals surface area contributed by atoms with Gasteiger partial charge in [0.15, 0.2) is 0 Å². The Hall–Kier alpha value is -0.760. The van der Waals surface area contributed by atoms with Crippen molar-refractivity contribution < 1.29 is 8.42 Å². The van der Waals surface area contributed by atoms with Gasteiger partial charge in [-0.15, -0.1) is 11.8 Å². The molecule has 0 radical (unpaired) electrons. The molecule has 0 unspecified atom stereocenters. The number of piperidine rings is 1. The van der Waals surface area contributed by atoms with Crippen LogP contribution in [0.25, 0.3) is 0 Å². The van der Waals surface area contributed by atoms with Gasteiger partial charge in [-0.3, -0.25) is 4.90 Å². The molecule has 8 heteroatoms. The van der Waals surface area contributed by atoms with Crippen LogP contribution < -0.4 is 4.72 Å². The minimum absolute atomic E-state index is 0.0350. The lowest BCUT2D eigenvalue weighted by Crippen LogP contribution is -2.38. The molecule has 0 aromatic heterocycles. The molecule has 0 amide bonds. The van der Waals surface area contributed by atoms with Crippen molar-refractivity contribution in [3.63, 3.8) is 0 Å². The zero-order chi connectivity index (χ0) is 20.1. The Balaban J connectivity index is 1.52. The van der Waals surface area contributed by atoms with Gasteiger partial charge in [-0.25, -0.2) is 13.1 Å². The minimum Gasteiger partial charge on any atom is -0.299 e. The average Bonchev–Trinajstić information content (AvgIpc) is 2.69. The van der Waals surface area contributed by atoms with E-state index in [4.69, 9.17) is 23.2 Å². The lowest BCUT2D eigenvalue weighted by atomic mass is 9.97. The third kappa shape index (κ3) is 5.65. The van der Waals surface area contributed by atoms with E-state index in [1.165, 1.54) is 22.6 Å². The fourth-order valence-corrected chi connectivity index (χ4v) is 5.90. The second kappa shape index (κ2) is 9.83. The number of thioether (sulfide) groups is 1. The summed E-state index contributed by atoms with van der Waals surface area (Å²) >= 11 is 13.7. The second-order valence-corrected chi connectivity index (χ2v) is 10.4. The largest absolute Gasteiger partial charge is 0.299 e. The van der Waals surface area contributed by atoms with E-state index in [0.29, 0.717) is 17.5 Å². The summed E-state index contributed by atoms with van der Waals surface area (Å²) in [4.78, 5) is 3.79. The summed E-state index contributed by atoms with van der Waals surface area (Å²) in [7, 11) is -3.67. The summed E-state index contributed by atoms with van der Waals surface area (Å²) < 4.78 is 27.8. The Bertz CT molecular complexity index is 914. The molecule has 152 valence electrons. The van der Waals surface area contributed by atoms with Crippen molar-refractivity contribution in [1.29, 1.82) is 0 Å². The standard InChI is InChI=1S/C20H24Cl2N2O2S2/c1-27-19-5-3-2-4-16(19)14-24-10-8-15(9-11-24)13-23-28(25,26)20-12-17(21)6-7-18(20)22/h2-7,12,15,23H,8-11,13-14H2,1H3. The molecular weight excluding hydrogens is 435 g/mol. The molecule has 0 aliphatic carbocycles. The van der Waals surface area contributed by atoms with E-state index in [2.05, 4.69) is 40.1 Å². The molecule has 4 nitrogen and oxygen atoms in total. The number of halogens is 2. The van der Waals surface area contributed by atoms with Gasteiger partial charge in [0.1, 0.15) is 4.90 Å². The van der Waals surface area contributed by atoms with Crippen molar-refractivity contribution in [3.05, 3.63) is 58.1 Å². The molecular formula is C20H24Cl2N2O2S2. The maximum absolute atomic E-state index is 12.6. The Labute approximate surface area is 181 Å². The van der Waals surface area contributed by atoms with Gasteiger partial charge >= 0.3 is 0 Å². The van der Waals surface area contributed by atoms with Crippen molar-refractivity contribution in [2.24, 2.45) is 5.92 Å². The van der Waals surface area contributed by atoms with Crippen LogP contribution in [0, 0.1) is 5.92 Å². The number of rotatable bonds is 7. The maximum atomic E-state index is 12.6. The Morgan fingerprint density at radius 1 is 1.14 bits per heavy atom. The SMILES string of the molecule is CSc1ccccc1CN1CCC(CNS(=O)(=O)c2cc(Cl)ccc2Cl)CC1. The van der Waals surface area contributed by atoms with Crippen molar-refractivity contribution in [3.8, 4) is 0 Å². The molecule has 3 rings (SSSR count). The topological polar surface area (TPSA) is 49.4 Å². The first-order valence-corrected chi connectivity index (χ1v) is 12.6. The second-order valence-electron chi connectivity index (χ2n) is 6.96. The summed E-state index contributed by atoms with van der Waals surface area (Å²) in [5.41, 5.74) is 1.35. The third-order valence-electron chi connectivity index (χ3n) is 5.04. The summed E-state index contributed by atoms with van der Waals surface area (Å²) in [6.45, 7) is 3.29. The molecule has 1 N–H and O–H groups in total. The fourth-order valence-electron chi connectivity index (χ4n) is 3.41. The molecule has 2 aromatic carbocycles. The Morgan fingerprint density at radius 2 is 1.86 bits per heavy atom. The highest BCUT2D eigenvalue weighted by Crippen LogP contribution is 2.26. The van der Waals surface area contributed by atoms with Crippen LogP contribution in [-0.2, 0) is 16.6 Å². The molecule has 28 heavy (non-hydrogen) atoms. The van der Waals surface area contributed by atoms with Gasteiger partial charge < -0.3 is 0 Å². The normalized spacial score (nSPS) is 16.4. The number of likely N-dealkylation sites (tertiary alicyclic amines) is 1. The van der Waals surface area contributed by atoms with E-state index in [1.807, 2.05) is 0 Å². The number of nitrogens with zero attached hydrogens (tertiary/aromatic N) is 1. The van der Waals surface area contributed by atoms with E-state index in [9.17, 15) is 8.42 Å². The molecule has 1 aliphatic rings. The van der Waals surface area contributed by atoms with Gasteiger partial charge in [-0.2, -0.15) is 0 Å². The molecule has 1 aliphatic heterocycles. The molecule has 0 bridgehead atoms. The maximum Gasteiger partial charge on any atom is 0.242 e. The van der Waals surface area contributed by atoms with Crippen LogP contribution in [0.1, 0.15) is 18.4 Å². The Morgan fingerprint density at radius 3 is 2.57 bits per heavy atom. The monoisotopic (exact) mass is 458 g/mol. The van der Waals surface area contributed by atoms with Crippen LogP contribution >= 0.6 is 35.0 Å². The van der Waals surface area contributed by atoms with Gasteiger partial charge in [-0.1, -0.05) is 41.4 Å². The van der Waals surface area contributed by atoms with Crippen molar-refractivity contribution in [2.75, 3.05) is 25.9 Å². The Kier molecular flexibility index (Phi) is 7.70. The van der Waals surface area contributed by atoms with Gasteiger partial charge in [0, 0.05) is 23.0 Å². The van der Waals surface area contributed by atoms with Crippen molar-refractivity contribution in [2.45, 2.75) is 29.2 Å². The van der Waals surface area contributed by atoms with Crippen LogP contribution in [0.15, 0.2) is 52.3 Å². The van der Waals surface area contributed by atoms with Gasteiger partial charge in [0.25, 0.3) is 0 Å². The third-order valence-corrected chi connectivity index (χ3v) is 8.02. The summed E-state index contributed by atoms with van der Waals surface area (Å²) in [5.74, 6) is 0.319. The molecule has 2 aromatic rings. The van der Waals surface area contributed by atoms with Gasteiger partial charge in [0.05, 0.1) is 5.02 Å². The lowest BCUT2D eigenvalue weighted by Gasteiger charge is -2.32. The first-order chi connectivity index (χ1) is 13.4. The van der Waals surface area contributed by atoms with Crippen molar-refractivity contribution >= 4 is 45.0 Å². The highest BCUT2D eigenvalue weighted by atomic mass is 35.5. The van der Waals surface area contributed by atoms with Crippen molar-refractivity contribution in [1.82, 2.24) is 9.62 Å². The molecule has 0 atom stereocenters. The summed E-state index contributed by atoms with van der Waals surface area (Å²) in [5, 5.41) is 0.530. The highest BCUT2D eigenvalue weighted by molar-refractivity contribution is 7.98. The fraction of sp³-hybridized carbons (Fsp3) is 0.400. The average molecular weight is 459 g/mol. The molecule has 0 saturated carbocycles. The molecule has 1 saturated heterocycles. The van der Waals surface area contributed by atoms with Crippen LogP contribution in [-0.4, -0.2) is 39.2 Å². The summed E-state index contributed by atoms with van der Waals surface area (Å²) in [6, 6.07) is 13.0. The first kappa shape index (κ1) is 21.9. The quantitative estimate of drug-likeness (QED) is 0.598. The van der Waals surface area contributed by atoms with E-state index in [0.717, 1.165) is 32.5 Å². The van der Waals surface area contributed by atoms with Crippen LogP contribution in [0.3, 0.4) is 0 Å². The first-order valence-electron chi connectivity index (χ1n) is 9.18. The summed E-state index contributed by atoms with van der Waals surface area (Å²) in [6.07, 6.45) is 4.03. The van der Waals surface area contributed by atoms with Gasteiger partial charge in [-0.05, 0) is 67.9 Å². The number of nitrogens with one attached hydrogen (secondary N) is 1. The highest BCUT2D eigenvalue weighted by Gasteiger charge is 2.23. The van der Waals surface area contributed by atoms with E-state index < -0.39 is 10.0 Å². The molecule has 1 heterocycles. The smallest absolute Gasteiger partial charge is 0.242 e. The molecule has 0 spiro atoms. The van der Waals surface area contributed by atoms with Gasteiger partial charge in [0.2, 0.25) is 10.0 Å². The zero-order valence-corrected chi connectivity index (χ0v) is 18.8.